The van der Waals surface area contributed by atoms with Crippen LogP contribution in [0.15, 0.2) is 11.0 Å². The van der Waals surface area contributed by atoms with Gasteiger partial charge in [0, 0.05) is 11.8 Å². The molecule has 14 heavy (non-hydrogen) atoms. The third-order valence-electron chi connectivity index (χ3n) is 1.69. The van der Waals surface area contributed by atoms with Gasteiger partial charge in [0.15, 0.2) is 0 Å². The summed E-state index contributed by atoms with van der Waals surface area (Å²) in [6.07, 6.45) is -2.54. The summed E-state index contributed by atoms with van der Waals surface area (Å²) in [6.45, 7) is 0. The monoisotopic (exact) mass is 200 g/mol. The largest absolute Gasteiger partial charge is 0.506 e. The molecule has 6 heteroatoms. The smallest absolute Gasteiger partial charge is 0.269 e. The number of H-pyrrole nitrogens is 1. The van der Waals surface area contributed by atoms with E-state index in [0.29, 0.717) is 0 Å². The molecule has 0 aromatic carbocycles. The van der Waals surface area contributed by atoms with Crippen molar-refractivity contribution < 1.29 is 13.9 Å². The average Bonchev–Trinajstić information content (AvgIpc) is 2.11. The molecule has 1 heterocycles. The van der Waals surface area contributed by atoms with Gasteiger partial charge >= 0.3 is 0 Å². The Morgan fingerprint density at radius 3 is 2.79 bits per heavy atom. The predicted octanol–water partition coefficient (Wildman–Crippen LogP) is 1.08. The molecule has 74 valence electrons. The highest BCUT2D eigenvalue weighted by Gasteiger charge is 2.20. The number of rotatable bonds is 2. The van der Waals surface area contributed by atoms with Gasteiger partial charge in [-0.1, -0.05) is 0 Å². The second-order valence-corrected chi connectivity index (χ2v) is 2.53. The fourth-order valence-electron chi connectivity index (χ4n) is 1.07. The molecule has 0 saturated heterocycles. The quantitative estimate of drug-likeness (QED) is 0.749. The molecule has 0 atom stereocenters. The van der Waals surface area contributed by atoms with Crippen LogP contribution >= 0.6 is 0 Å². The number of alkyl halides is 2. The van der Waals surface area contributed by atoms with Crippen LogP contribution < -0.4 is 5.56 Å². The summed E-state index contributed by atoms with van der Waals surface area (Å²) >= 11 is 0. The second-order valence-electron chi connectivity index (χ2n) is 2.53. The van der Waals surface area contributed by atoms with E-state index in [2.05, 4.69) is 0 Å². The fourth-order valence-corrected chi connectivity index (χ4v) is 1.07. The molecule has 4 nitrogen and oxygen atoms in total. The molecule has 0 unspecified atom stereocenters. The minimum atomic E-state index is -3.01. The third-order valence-corrected chi connectivity index (χ3v) is 1.69. The number of nitrogens with one attached hydrogen (secondary N) is 1. The minimum Gasteiger partial charge on any atom is -0.506 e. The summed E-state index contributed by atoms with van der Waals surface area (Å²) in [6, 6.07) is 1.60. The molecule has 0 spiro atoms. The van der Waals surface area contributed by atoms with Crippen molar-refractivity contribution in [3.05, 3.63) is 27.7 Å². The molecule has 1 aromatic rings. The van der Waals surface area contributed by atoms with Gasteiger partial charge in [-0.3, -0.25) is 4.79 Å². The van der Waals surface area contributed by atoms with E-state index < -0.39 is 29.7 Å². The van der Waals surface area contributed by atoms with Crippen LogP contribution in [0, 0.1) is 11.3 Å². The summed E-state index contributed by atoms with van der Waals surface area (Å²) in [5.41, 5.74) is -2.14. The van der Waals surface area contributed by atoms with Gasteiger partial charge < -0.3 is 10.1 Å². The van der Waals surface area contributed by atoms with Crippen LogP contribution in [0.25, 0.3) is 0 Å². The van der Waals surface area contributed by atoms with E-state index in [4.69, 9.17) is 10.4 Å². The lowest BCUT2D eigenvalue weighted by Gasteiger charge is -2.05. The standard InChI is InChI=1S/C8H6F2N2O2/c9-7(10)6-4(1-2-11)5(13)3-12-8(6)14/h3,7,13H,1H2,(H,12,14). The van der Waals surface area contributed by atoms with Gasteiger partial charge in [-0.25, -0.2) is 8.78 Å². The summed E-state index contributed by atoms with van der Waals surface area (Å²) in [5.74, 6) is -0.499. The normalized spacial score (nSPS) is 10.1. The number of halogens is 2. The molecule has 1 aromatic heterocycles. The number of aromatic nitrogens is 1. The number of aromatic hydroxyl groups is 1. The molecule has 0 bridgehead atoms. The molecular weight excluding hydrogens is 194 g/mol. The maximum atomic E-state index is 12.4. The molecule has 0 fully saturated rings. The molecule has 0 radical (unpaired) electrons. The Hall–Kier alpha value is -1.90. The number of nitriles is 1. The minimum absolute atomic E-state index is 0.314. The highest BCUT2D eigenvalue weighted by molar-refractivity contribution is 5.38. The van der Waals surface area contributed by atoms with Gasteiger partial charge in [-0.15, -0.1) is 0 Å². The molecule has 1 rings (SSSR count). The first-order valence-corrected chi connectivity index (χ1v) is 3.66. The first kappa shape index (κ1) is 10.2. The van der Waals surface area contributed by atoms with Crippen molar-refractivity contribution in [2.75, 3.05) is 0 Å². The Labute approximate surface area is 77.4 Å². The van der Waals surface area contributed by atoms with Crippen molar-refractivity contribution in [2.45, 2.75) is 12.8 Å². The van der Waals surface area contributed by atoms with E-state index in [1.54, 1.807) is 6.07 Å². The number of hydrogen-bond acceptors (Lipinski definition) is 3. The van der Waals surface area contributed by atoms with Crippen molar-refractivity contribution in [3.8, 4) is 11.8 Å². The fraction of sp³-hybridized carbons (Fsp3) is 0.250. The van der Waals surface area contributed by atoms with Crippen molar-refractivity contribution in [3.63, 3.8) is 0 Å². The van der Waals surface area contributed by atoms with Gasteiger partial charge in [0.2, 0.25) is 0 Å². The highest BCUT2D eigenvalue weighted by atomic mass is 19.3. The van der Waals surface area contributed by atoms with Crippen LogP contribution in [0.3, 0.4) is 0 Å². The van der Waals surface area contributed by atoms with Crippen molar-refractivity contribution in [1.82, 2.24) is 4.98 Å². The first-order valence-electron chi connectivity index (χ1n) is 3.66. The Balaban J connectivity index is 3.43. The van der Waals surface area contributed by atoms with Crippen molar-refractivity contribution in [2.24, 2.45) is 0 Å². The Morgan fingerprint density at radius 1 is 1.64 bits per heavy atom. The SMILES string of the molecule is N#CCc1c(O)c[nH]c(=O)c1C(F)F. The molecule has 0 aliphatic rings. The van der Waals surface area contributed by atoms with E-state index in [-0.39, 0.29) is 5.56 Å². The predicted molar refractivity (Wildman–Crippen MR) is 43.0 cm³/mol. The van der Waals surface area contributed by atoms with Gasteiger partial charge in [-0.05, 0) is 0 Å². The van der Waals surface area contributed by atoms with Crippen LogP contribution in [-0.2, 0) is 6.42 Å². The van der Waals surface area contributed by atoms with Gasteiger partial charge in [0.1, 0.15) is 5.75 Å². The summed E-state index contributed by atoms with van der Waals surface area (Å²) < 4.78 is 24.7. The molecule has 0 amide bonds. The lowest BCUT2D eigenvalue weighted by Crippen LogP contribution is -2.15. The third kappa shape index (κ3) is 1.71. The van der Waals surface area contributed by atoms with Crippen LogP contribution in [0.5, 0.6) is 5.75 Å². The topological polar surface area (TPSA) is 76.9 Å². The van der Waals surface area contributed by atoms with E-state index in [0.717, 1.165) is 6.20 Å². The second kappa shape index (κ2) is 3.87. The lowest BCUT2D eigenvalue weighted by molar-refractivity contribution is 0.148. The van der Waals surface area contributed by atoms with E-state index >= 15 is 0 Å². The molecule has 2 N–H and O–H groups in total. The van der Waals surface area contributed by atoms with Crippen LogP contribution in [0.1, 0.15) is 17.6 Å². The number of aromatic amines is 1. The number of nitrogens with zero attached hydrogens (tertiary/aromatic N) is 1. The summed E-state index contributed by atoms with van der Waals surface area (Å²) in [5, 5.41) is 17.5. The molecule has 0 aliphatic carbocycles. The zero-order valence-electron chi connectivity index (χ0n) is 6.92. The van der Waals surface area contributed by atoms with E-state index in [9.17, 15) is 13.6 Å². The van der Waals surface area contributed by atoms with Crippen LogP contribution in [0.4, 0.5) is 8.78 Å². The van der Waals surface area contributed by atoms with Crippen LogP contribution in [0.2, 0.25) is 0 Å². The zero-order valence-corrected chi connectivity index (χ0v) is 6.92. The Kier molecular flexibility index (Phi) is 2.82. The molecule has 0 aliphatic heterocycles. The van der Waals surface area contributed by atoms with E-state index in [1.807, 2.05) is 4.98 Å². The van der Waals surface area contributed by atoms with Crippen molar-refractivity contribution in [1.29, 1.82) is 5.26 Å². The van der Waals surface area contributed by atoms with Gasteiger partial charge in [-0.2, -0.15) is 5.26 Å². The highest BCUT2D eigenvalue weighted by Crippen LogP contribution is 2.25. The maximum absolute atomic E-state index is 12.4. The molecule has 0 saturated carbocycles. The van der Waals surface area contributed by atoms with E-state index in [1.165, 1.54) is 0 Å². The number of hydrogen-bond donors (Lipinski definition) is 2. The van der Waals surface area contributed by atoms with Gasteiger partial charge in [0.25, 0.3) is 12.0 Å². The van der Waals surface area contributed by atoms with Crippen LogP contribution in [-0.4, -0.2) is 10.1 Å². The first-order chi connectivity index (χ1) is 6.57. The average molecular weight is 200 g/mol. The zero-order chi connectivity index (χ0) is 10.7. The lowest BCUT2D eigenvalue weighted by atomic mass is 10.1. The Morgan fingerprint density at radius 2 is 2.29 bits per heavy atom. The summed E-state index contributed by atoms with van der Waals surface area (Å²) in [7, 11) is 0. The van der Waals surface area contributed by atoms with Crippen molar-refractivity contribution >= 4 is 0 Å². The van der Waals surface area contributed by atoms with Gasteiger partial charge in [0.05, 0.1) is 18.1 Å². The maximum Gasteiger partial charge on any atom is 0.269 e. The Bertz CT molecular complexity index is 434. The number of pyridine rings is 1. The molecular formula is C8H6F2N2O2. The summed E-state index contributed by atoms with van der Waals surface area (Å²) in [4.78, 5) is 12.9.